The number of benzene rings is 1. The molecule has 1 saturated heterocycles. The Labute approximate surface area is 192 Å². The van der Waals surface area contributed by atoms with Crippen molar-refractivity contribution in [2.75, 3.05) is 31.6 Å². The number of hydrogen-bond acceptors (Lipinski definition) is 7. The number of carbonyl (C=O) groups is 1. The average molecular weight is 471 g/mol. The van der Waals surface area contributed by atoms with Crippen LogP contribution in [0.3, 0.4) is 0 Å². The van der Waals surface area contributed by atoms with Gasteiger partial charge in [0, 0.05) is 30.4 Å². The van der Waals surface area contributed by atoms with E-state index in [9.17, 15) is 4.79 Å². The molecule has 5 rings (SSSR count). The quantitative estimate of drug-likeness (QED) is 0.436. The van der Waals surface area contributed by atoms with Crippen molar-refractivity contribution in [3.8, 4) is 10.6 Å². The number of hydrogen-bond donors (Lipinski definition) is 1. The fraction of sp³-hybridized carbons (Fsp3) is 0.227. The van der Waals surface area contributed by atoms with E-state index < -0.39 is 0 Å². The molecule has 1 N–H and O–H groups in total. The molecule has 1 fully saturated rings. The smallest absolute Gasteiger partial charge is 0.258 e. The molecule has 6 nitrogen and oxygen atoms in total. The summed E-state index contributed by atoms with van der Waals surface area (Å²) in [7, 11) is 0. The van der Waals surface area contributed by atoms with Crippen molar-refractivity contribution in [2.24, 2.45) is 0 Å². The molecule has 0 spiro atoms. The Hall–Kier alpha value is -2.36. The van der Waals surface area contributed by atoms with Gasteiger partial charge < -0.3 is 4.74 Å². The molecule has 1 amide bonds. The number of aromatic nitrogens is 2. The molecular formula is C22H19ClN4O2S2. The first-order valence-electron chi connectivity index (χ1n) is 9.87. The summed E-state index contributed by atoms with van der Waals surface area (Å²) in [5, 5.41) is 6.36. The van der Waals surface area contributed by atoms with Crippen molar-refractivity contribution in [1.82, 2.24) is 14.9 Å². The van der Waals surface area contributed by atoms with Crippen molar-refractivity contribution in [3.63, 3.8) is 0 Å². The van der Waals surface area contributed by atoms with E-state index >= 15 is 0 Å². The van der Waals surface area contributed by atoms with Crippen LogP contribution in [-0.4, -0.2) is 47.1 Å². The van der Waals surface area contributed by atoms with Crippen molar-refractivity contribution in [1.29, 1.82) is 0 Å². The molecule has 0 atom stereocenters. The summed E-state index contributed by atoms with van der Waals surface area (Å²) in [5.41, 5.74) is 3.01. The maximum atomic E-state index is 13.2. The minimum absolute atomic E-state index is 0.199. The number of rotatable bonds is 5. The summed E-state index contributed by atoms with van der Waals surface area (Å²) in [4.78, 5) is 25.7. The first-order valence-corrected chi connectivity index (χ1v) is 11.9. The molecule has 4 aromatic rings. The zero-order valence-electron chi connectivity index (χ0n) is 16.5. The second kappa shape index (κ2) is 9.02. The third-order valence-corrected chi connectivity index (χ3v) is 7.11. The van der Waals surface area contributed by atoms with E-state index in [0.717, 1.165) is 60.0 Å². The highest BCUT2D eigenvalue weighted by Gasteiger charge is 2.17. The lowest BCUT2D eigenvalue weighted by atomic mass is 10.1. The molecule has 31 heavy (non-hydrogen) atoms. The topological polar surface area (TPSA) is 67.4 Å². The molecule has 3 aromatic heterocycles. The van der Waals surface area contributed by atoms with Crippen LogP contribution >= 0.6 is 34.3 Å². The largest absolute Gasteiger partial charge is 0.379 e. The fourth-order valence-corrected chi connectivity index (χ4v) is 5.23. The maximum absolute atomic E-state index is 13.2. The van der Waals surface area contributed by atoms with Crippen LogP contribution in [0.1, 0.15) is 16.1 Å². The van der Waals surface area contributed by atoms with E-state index in [-0.39, 0.29) is 5.91 Å². The molecule has 9 heteroatoms. The van der Waals surface area contributed by atoms with Gasteiger partial charge in [-0.1, -0.05) is 29.8 Å². The number of nitrogens with one attached hydrogen (secondary N) is 1. The Bertz CT molecular complexity index is 1230. The number of anilines is 1. The third kappa shape index (κ3) is 4.63. The summed E-state index contributed by atoms with van der Waals surface area (Å²) in [6, 6.07) is 13.2. The van der Waals surface area contributed by atoms with Gasteiger partial charge in [-0.15, -0.1) is 22.7 Å². The normalized spacial score (nSPS) is 14.7. The van der Waals surface area contributed by atoms with Crippen LogP contribution < -0.4 is 5.32 Å². The van der Waals surface area contributed by atoms with Crippen molar-refractivity contribution in [2.45, 2.75) is 6.54 Å². The number of nitrogens with zero attached hydrogens (tertiary/aromatic N) is 3. The molecule has 0 aliphatic carbocycles. The summed E-state index contributed by atoms with van der Waals surface area (Å²) >= 11 is 8.98. The van der Waals surface area contributed by atoms with E-state index in [0.29, 0.717) is 15.0 Å². The van der Waals surface area contributed by atoms with Gasteiger partial charge in [0.2, 0.25) is 0 Å². The third-order valence-electron chi connectivity index (χ3n) is 5.05. The van der Waals surface area contributed by atoms with Gasteiger partial charge in [-0.3, -0.25) is 15.0 Å². The molecule has 0 unspecified atom stereocenters. The number of pyridine rings is 1. The Balaban J connectivity index is 1.40. The van der Waals surface area contributed by atoms with Gasteiger partial charge in [-0.25, -0.2) is 9.97 Å². The number of thiazole rings is 1. The number of carbonyl (C=O) groups excluding carboxylic acids is 1. The van der Waals surface area contributed by atoms with Crippen LogP contribution in [-0.2, 0) is 11.3 Å². The molecule has 0 saturated carbocycles. The molecule has 0 radical (unpaired) electrons. The number of ether oxygens (including phenoxy) is 1. The van der Waals surface area contributed by atoms with Crippen LogP contribution in [0.2, 0.25) is 4.34 Å². The molecule has 0 bridgehead atoms. The minimum Gasteiger partial charge on any atom is -0.379 e. The van der Waals surface area contributed by atoms with E-state index in [1.165, 1.54) is 22.7 Å². The summed E-state index contributed by atoms with van der Waals surface area (Å²) in [6.45, 7) is 4.06. The number of thiophene rings is 1. The lowest BCUT2D eigenvalue weighted by Crippen LogP contribution is -2.35. The van der Waals surface area contributed by atoms with Crippen LogP contribution in [0.4, 0.5) is 5.13 Å². The number of halogens is 1. The van der Waals surface area contributed by atoms with Crippen LogP contribution in [0.15, 0.2) is 47.8 Å². The predicted octanol–water partition coefficient (Wildman–Crippen LogP) is 5.16. The zero-order valence-corrected chi connectivity index (χ0v) is 18.9. The van der Waals surface area contributed by atoms with Crippen molar-refractivity contribution >= 4 is 56.2 Å². The van der Waals surface area contributed by atoms with Gasteiger partial charge in [-0.05, 0) is 24.3 Å². The highest BCUT2D eigenvalue weighted by atomic mass is 35.5. The van der Waals surface area contributed by atoms with E-state index in [1.807, 2.05) is 47.8 Å². The lowest BCUT2D eigenvalue weighted by Gasteiger charge is -2.25. The van der Waals surface area contributed by atoms with E-state index in [2.05, 4.69) is 15.2 Å². The molecule has 1 aromatic carbocycles. The van der Waals surface area contributed by atoms with Gasteiger partial charge in [0.1, 0.15) is 0 Å². The lowest BCUT2D eigenvalue weighted by molar-refractivity contribution is 0.0337. The number of para-hydroxylation sites is 1. The molecule has 158 valence electrons. The highest BCUT2D eigenvalue weighted by molar-refractivity contribution is 7.19. The SMILES string of the molecule is O=C(Nc1nc(CN2CCOCC2)cs1)c1cc(-c2ccc(Cl)s2)nc2ccccc12. The Morgan fingerprint density at radius 3 is 2.81 bits per heavy atom. The van der Waals surface area contributed by atoms with Gasteiger partial charge >= 0.3 is 0 Å². The Morgan fingerprint density at radius 2 is 2.00 bits per heavy atom. The van der Waals surface area contributed by atoms with E-state index in [4.69, 9.17) is 21.3 Å². The minimum atomic E-state index is -0.199. The molecular weight excluding hydrogens is 452 g/mol. The second-order valence-corrected chi connectivity index (χ2v) is 9.74. The second-order valence-electron chi connectivity index (χ2n) is 7.16. The average Bonchev–Trinajstić information content (AvgIpc) is 3.42. The number of morpholine rings is 1. The van der Waals surface area contributed by atoms with E-state index in [1.54, 1.807) is 0 Å². The number of fused-ring (bicyclic) bond motifs is 1. The van der Waals surface area contributed by atoms with Gasteiger partial charge in [0.05, 0.1) is 44.9 Å². The summed E-state index contributed by atoms with van der Waals surface area (Å²) in [6.07, 6.45) is 0. The zero-order chi connectivity index (χ0) is 21.2. The maximum Gasteiger partial charge on any atom is 0.258 e. The standard InChI is InChI=1S/C22H19ClN4O2S2/c23-20-6-5-19(31-20)18-11-16(15-3-1-2-4-17(15)25-18)21(28)26-22-24-14(13-30-22)12-27-7-9-29-10-8-27/h1-6,11,13H,7-10,12H2,(H,24,26,28). The molecule has 1 aliphatic rings. The van der Waals surface area contributed by atoms with Crippen LogP contribution in [0, 0.1) is 0 Å². The molecule has 4 heterocycles. The van der Waals surface area contributed by atoms with Gasteiger partial charge in [-0.2, -0.15) is 0 Å². The van der Waals surface area contributed by atoms with Gasteiger partial charge in [0.15, 0.2) is 5.13 Å². The Morgan fingerprint density at radius 1 is 1.16 bits per heavy atom. The Kier molecular flexibility index (Phi) is 5.97. The summed E-state index contributed by atoms with van der Waals surface area (Å²) < 4.78 is 6.08. The highest BCUT2D eigenvalue weighted by Crippen LogP contribution is 2.32. The van der Waals surface area contributed by atoms with Crippen molar-refractivity contribution in [3.05, 3.63) is 63.4 Å². The van der Waals surface area contributed by atoms with Crippen molar-refractivity contribution < 1.29 is 9.53 Å². The van der Waals surface area contributed by atoms with Gasteiger partial charge in [0.25, 0.3) is 5.91 Å². The predicted molar refractivity (Wildman–Crippen MR) is 126 cm³/mol. The number of amides is 1. The fourth-order valence-electron chi connectivity index (χ4n) is 3.53. The first-order chi connectivity index (χ1) is 15.2. The summed E-state index contributed by atoms with van der Waals surface area (Å²) in [5.74, 6) is -0.199. The molecule has 1 aliphatic heterocycles. The van der Waals surface area contributed by atoms with Crippen LogP contribution in [0.5, 0.6) is 0 Å². The first kappa shape index (κ1) is 20.5. The monoisotopic (exact) mass is 470 g/mol. The van der Waals surface area contributed by atoms with Crippen LogP contribution in [0.25, 0.3) is 21.5 Å².